The zero-order valence-corrected chi connectivity index (χ0v) is 11.8. The zero-order chi connectivity index (χ0) is 12.6. The Morgan fingerprint density at radius 3 is 2.06 bits per heavy atom. The molecular formula is C16H27NO. The van der Waals surface area contributed by atoms with Crippen molar-refractivity contribution in [2.45, 2.75) is 33.2 Å². The Labute approximate surface area is 112 Å². The number of benzene rings is 1. The minimum Gasteiger partial charge on any atom is -0.870 e. The topological polar surface area (TPSA) is 30.0 Å². The van der Waals surface area contributed by atoms with E-state index in [1.54, 1.807) is 0 Å². The molecule has 0 bridgehead atoms. The minimum atomic E-state index is 0. The van der Waals surface area contributed by atoms with E-state index in [0.29, 0.717) is 0 Å². The Bertz CT molecular complexity index is 315. The summed E-state index contributed by atoms with van der Waals surface area (Å²) < 4.78 is 1.15. The molecule has 0 amide bonds. The summed E-state index contributed by atoms with van der Waals surface area (Å²) in [6.07, 6.45) is 4.55. The zero-order valence-electron chi connectivity index (χ0n) is 11.8. The molecule has 2 heteroatoms. The molecule has 0 heterocycles. The van der Waals surface area contributed by atoms with Crippen LogP contribution >= 0.6 is 0 Å². The van der Waals surface area contributed by atoms with Crippen LogP contribution in [0.4, 0.5) is 0 Å². The summed E-state index contributed by atoms with van der Waals surface area (Å²) in [5.74, 6) is 0. The van der Waals surface area contributed by atoms with E-state index >= 15 is 0 Å². The van der Waals surface area contributed by atoms with Crippen molar-refractivity contribution in [3.05, 3.63) is 48.6 Å². The van der Waals surface area contributed by atoms with Crippen molar-refractivity contribution in [2.24, 2.45) is 0 Å². The molecule has 0 radical (unpaired) electrons. The van der Waals surface area contributed by atoms with Gasteiger partial charge in [-0.1, -0.05) is 50.8 Å². The van der Waals surface area contributed by atoms with Gasteiger partial charge in [0, 0.05) is 5.56 Å². The number of rotatable bonds is 8. The Morgan fingerprint density at radius 1 is 1.06 bits per heavy atom. The summed E-state index contributed by atoms with van der Waals surface area (Å²) in [6, 6.07) is 10.8. The summed E-state index contributed by atoms with van der Waals surface area (Å²) in [7, 11) is 0. The lowest BCUT2D eigenvalue weighted by Crippen LogP contribution is -2.48. The van der Waals surface area contributed by atoms with E-state index in [2.05, 4.69) is 56.8 Å². The van der Waals surface area contributed by atoms with Gasteiger partial charge in [-0.2, -0.15) is 0 Å². The second kappa shape index (κ2) is 8.90. The molecular weight excluding hydrogens is 222 g/mol. The lowest BCUT2D eigenvalue weighted by atomic mass is 10.1. The number of hydrogen-bond acceptors (Lipinski definition) is 1. The van der Waals surface area contributed by atoms with Gasteiger partial charge in [0.05, 0.1) is 19.6 Å². The quantitative estimate of drug-likeness (QED) is 0.508. The van der Waals surface area contributed by atoms with Crippen molar-refractivity contribution in [1.82, 2.24) is 0 Å². The lowest BCUT2D eigenvalue weighted by molar-refractivity contribution is -0.935. The van der Waals surface area contributed by atoms with Crippen molar-refractivity contribution in [2.75, 3.05) is 19.6 Å². The van der Waals surface area contributed by atoms with E-state index in [1.165, 1.54) is 31.5 Å². The summed E-state index contributed by atoms with van der Waals surface area (Å²) >= 11 is 0. The van der Waals surface area contributed by atoms with Gasteiger partial charge >= 0.3 is 0 Å². The Kier molecular flexibility index (Phi) is 8.34. The average molecular weight is 249 g/mol. The van der Waals surface area contributed by atoms with Crippen LogP contribution in [-0.2, 0) is 6.54 Å². The van der Waals surface area contributed by atoms with Crippen molar-refractivity contribution >= 4 is 0 Å². The van der Waals surface area contributed by atoms with Crippen molar-refractivity contribution in [3.8, 4) is 0 Å². The highest BCUT2D eigenvalue weighted by molar-refractivity contribution is 5.13. The van der Waals surface area contributed by atoms with Crippen molar-refractivity contribution in [1.29, 1.82) is 0 Å². The average Bonchev–Trinajstić information content (AvgIpc) is 2.31. The maximum atomic E-state index is 3.94. The summed E-state index contributed by atoms with van der Waals surface area (Å²) in [5.41, 5.74) is 1.44. The van der Waals surface area contributed by atoms with Crippen LogP contribution in [0.1, 0.15) is 32.3 Å². The second-order valence-electron chi connectivity index (χ2n) is 4.90. The second-order valence-corrected chi connectivity index (χ2v) is 4.90. The molecule has 0 aliphatic heterocycles. The van der Waals surface area contributed by atoms with E-state index in [0.717, 1.165) is 17.6 Å². The molecule has 0 aromatic heterocycles. The van der Waals surface area contributed by atoms with Gasteiger partial charge in [0.25, 0.3) is 0 Å². The molecule has 18 heavy (non-hydrogen) atoms. The highest BCUT2D eigenvalue weighted by Crippen LogP contribution is 2.16. The summed E-state index contributed by atoms with van der Waals surface area (Å²) in [6.45, 7) is 13.2. The minimum absolute atomic E-state index is 0. The summed E-state index contributed by atoms with van der Waals surface area (Å²) in [5, 5.41) is 0. The molecule has 1 N–H and O–H groups in total. The number of hydrogen-bond donors (Lipinski definition) is 0. The molecule has 102 valence electrons. The van der Waals surface area contributed by atoms with Crippen LogP contribution in [-0.4, -0.2) is 29.6 Å². The third-order valence-electron chi connectivity index (χ3n) is 3.27. The SMILES string of the molecule is C=CC[N+](CCC)(CCC)Cc1ccccc1.[OH-]. The maximum absolute atomic E-state index is 3.94. The van der Waals surface area contributed by atoms with Gasteiger partial charge in [-0.25, -0.2) is 0 Å². The van der Waals surface area contributed by atoms with E-state index in [9.17, 15) is 0 Å². The van der Waals surface area contributed by atoms with E-state index in [1.807, 2.05) is 0 Å². The monoisotopic (exact) mass is 249 g/mol. The smallest absolute Gasteiger partial charge is 0.105 e. The highest BCUT2D eigenvalue weighted by atomic mass is 16.0. The van der Waals surface area contributed by atoms with Crippen LogP contribution in [0, 0.1) is 0 Å². The molecule has 1 rings (SSSR count). The van der Waals surface area contributed by atoms with Gasteiger partial charge in [-0.05, 0) is 18.9 Å². The first-order valence-corrected chi connectivity index (χ1v) is 6.76. The van der Waals surface area contributed by atoms with Gasteiger partial charge in [0.2, 0.25) is 0 Å². The van der Waals surface area contributed by atoms with Crippen molar-refractivity contribution in [3.63, 3.8) is 0 Å². The number of quaternary nitrogens is 1. The van der Waals surface area contributed by atoms with Gasteiger partial charge < -0.3 is 9.96 Å². The van der Waals surface area contributed by atoms with E-state index < -0.39 is 0 Å². The van der Waals surface area contributed by atoms with Crippen LogP contribution in [0.5, 0.6) is 0 Å². The molecule has 0 unspecified atom stereocenters. The largest absolute Gasteiger partial charge is 0.870 e. The molecule has 0 aliphatic rings. The van der Waals surface area contributed by atoms with E-state index in [-0.39, 0.29) is 5.48 Å². The first-order valence-electron chi connectivity index (χ1n) is 6.76. The third kappa shape index (κ3) is 5.03. The fraction of sp³-hybridized carbons (Fsp3) is 0.500. The third-order valence-corrected chi connectivity index (χ3v) is 3.27. The van der Waals surface area contributed by atoms with Gasteiger partial charge in [0.15, 0.2) is 0 Å². The molecule has 1 aromatic carbocycles. The molecule has 0 atom stereocenters. The Morgan fingerprint density at radius 2 is 1.61 bits per heavy atom. The molecule has 0 saturated heterocycles. The van der Waals surface area contributed by atoms with Gasteiger partial charge in [-0.3, -0.25) is 0 Å². The lowest BCUT2D eigenvalue weighted by Gasteiger charge is -2.37. The van der Waals surface area contributed by atoms with Gasteiger partial charge in [-0.15, -0.1) is 0 Å². The van der Waals surface area contributed by atoms with Crippen LogP contribution in [0.15, 0.2) is 43.0 Å². The molecule has 1 aromatic rings. The molecule has 0 fully saturated rings. The highest BCUT2D eigenvalue weighted by Gasteiger charge is 2.24. The first-order chi connectivity index (χ1) is 8.26. The fourth-order valence-corrected chi connectivity index (χ4v) is 2.71. The Hall–Kier alpha value is -1.12. The maximum Gasteiger partial charge on any atom is 0.105 e. The standard InChI is InChI=1S/C16H26N.H2O/c1-4-12-17(13-5-2,14-6-3)15-16-10-8-7-9-11-16;/h4,7-11H,1,5-6,12-15H2,2-3H3;1H2/q+1;/p-1. The first kappa shape index (κ1) is 16.9. The molecule has 2 nitrogen and oxygen atoms in total. The predicted octanol–water partition coefficient (Wildman–Crippen LogP) is 3.83. The van der Waals surface area contributed by atoms with Crippen molar-refractivity contribution < 1.29 is 9.96 Å². The molecule has 0 spiro atoms. The fourth-order valence-electron chi connectivity index (χ4n) is 2.71. The number of nitrogens with zero attached hydrogens (tertiary/aromatic N) is 1. The van der Waals surface area contributed by atoms with Gasteiger partial charge in [0.1, 0.15) is 6.54 Å². The summed E-state index contributed by atoms with van der Waals surface area (Å²) in [4.78, 5) is 0. The molecule has 0 saturated carbocycles. The van der Waals surface area contributed by atoms with Crippen LogP contribution in [0.3, 0.4) is 0 Å². The normalized spacial score (nSPS) is 10.8. The van der Waals surface area contributed by atoms with E-state index in [4.69, 9.17) is 0 Å². The Balaban J connectivity index is 0.00000289. The molecule has 0 aliphatic carbocycles. The van der Waals surface area contributed by atoms with Crippen LogP contribution in [0.25, 0.3) is 0 Å². The predicted molar refractivity (Wildman–Crippen MR) is 77.7 cm³/mol. The van der Waals surface area contributed by atoms with Crippen LogP contribution in [0.2, 0.25) is 0 Å². The van der Waals surface area contributed by atoms with Crippen LogP contribution < -0.4 is 0 Å².